The monoisotopic (exact) mass is 361 g/mol. The lowest BCUT2D eigenvalue weighted by atomic mass is 10.0. The normalized spacial score (nSPS) is 12.4. The highest BCUT2D eigenvalue weighted by Crippen LogP contribution is 2.19. The lowest BCUT2D eigenvalue weighted by molar-refractivity contribution is -0.137. The van der Waals surface area contributed by atoms with E-state index >= 15 is 0 Å². The number of sulfone groups is 1. The van der Waals surface area contributed by atoms with Crippen molar-refractivity contribution in [2.75, 3.05) is 6.26 Å². The number of carboxylic acid groups (broad SMARTS) is 1. The molecule has 2 aromatic carbocycles. The molecule has 0 aliphatic rings. The van der Waals surface area contributed by atoms with E-state index in [9.17, 15) is 18.0 Å². The first kappa shape index (κ1) is 18.7. The standard InChI is InChI=1S/C18H19NO5S/c1-12-6-8-13(9-7-12)16(11-17(20)21)19-18(22)14-4-3-5-15(10-14)25(2,23)24/h3-10,16H,11H2,1-2H3,(H,19,22)(H,20,21). The predicted molar refractivity (Wildman–Crippen MR) is 93.2 cm³/mol. The number of nitrogens with one attached hydrogen (secondary N) is 1. The van der Waals surface area contributed by atoms with Gasteiger partial charge in [-0.15, -0.1) is 0 Å². The molecule has 6 nitrogen and oxygen atoms in total. The van der Waals surface area contributed by atoms with E-state index in [1.807, 2.05) is 19.1 Å². The smallest absolute Gasteiger partial charge is 0.305 e. The molecule has 0 heterocycles. The topological polar surface area (TPSA) is 101 Å². The van der Waals surface area contributed by atoms with Crippen LogP contribution in [0, 0.1) is 6.92 Å². The average Bonchev–Trinajstić information content (AvgIpc) is 2.54. The van der Waals surface area contributed by atoms with E-state index in [1.54, 1.807) is 12.1 Å². The van der Waals surface area contributed by atoms with Crippen LogP contribution in [0.1, 0.15) is 33.9 Å². The van der Waals surface area contributed by atoms with Gasteiger partial charge >= 0.3 is 5.97 Å². The van der Waals surface area contributed by atoms with Crippen molar-refractivity contribution >= 4 is 21.7 Å². The van der Waals surface area contributed by atoms with E-state index in [2.05, 4.69) is 5.32 Å². The Balaban J connectivity index is 2.28. The molecule has 7 heteroatoms. The molecule has 0 aliphatic heterocycles. The summed E-state index contributed by atoms with van der Waals surface area (Å²) in [5.74, 6) is -1.58. The Morgan fingerprint density at radius 2 is 1.76 bits per heavy atom. The maximum absolute atomic E-state index is 12.5. The highest BCUT2D eigenvalue weighted by Gasteiger charge is 2.20. The van der Waals surface area contributed by atoms with Gasteiger partial charge in [0.15, 0.2) is 9.84 Å². The molecule has 0 bridgehead atoms. The maximum atomic E-state index is 12.5. The molecule has 1 atom stereocenters. The zero-order valence-electron chi connectivity index (χ0n) is 13.9. The number of rotatable bonds is 6. The number of carbonyl (C=O) groups is 2. The van der Waals surface area contributed by atoms with Gasteiger partial charge in [0.25, 0.3) is 5.91 Å². The molecule has 1 amide bonds. The molecule has 0 saturated carbocycles. The molecule has 2 aromatic rings. The Hall–Kier alpha value is -2.67. The van der Waals surface area contributed by atoms with Crippen LogP contribution in [0.15, 0.2) is 53.4 Å². The number of hydrogen-bond donors (Lipinski definition) is 2. The van der Waals surface area contributed by atoms with E-state index in [0.717, 1.165) is 11.8 Å². The van der Waals surface area contributed by atoms with E-state index in [1.165, 1.54) is 24.3 Å². The van der Waals surface area contributed by atoms with Gasteiger partial charge in [-0.25, -0.2) is 8.42 Å². The summed E-state index contributed by atoms with van der Waals surface area (Å²) >= 11 is 0. The molecular formula is C18H19NO5S. The van der Waals surface area contributed by atoms with Crippen LogP contribution in [0.5, 0.6) is 0 Å². The zero-order chi connectivity index (χ0) is 18.6. The van der Waals surface area contributed by atoms with Crippen molar-refractivity contribution in [2.24, 2.45) is 0 Å². The minimum Gasteiger partial charge on any atom is -0.481 e. The third kappa shape index (κ3) is 5.15. The lowest BCUT2D eigenvalue weighted by Crippen LogP contribution is -2.30. The highest BCUT2D eigenvalue weighted by molar-refractivity contribution is 7.90. The number of hydrogen-bond acceptors (Lipinski definition) is 4. The SMILES string of the molecule is Cc1ccc(C(CC(=O)O)NC(=O)c2cccc(S(C)(=O)=O)c2)cc1. The molecule has 132 valence electrons. The molecule has 0 aromatic heterocycles. The summed E-state index contributed by atoms with van der Waals surface area (Å²) in [7, 11) is -3.44. The minimum atomic E-state index is -3.44. The van der Waals surface area contributed by atoms with Crippen molar-refractivity contribution in [1.82, 2.24) is 5.32 Å². The molecule has 0 aliphatic carbocycles. The summed E-state index contributed by atoms with van der Waals surface area (Å²) < 4.78 is 23.2. The molecule has 2 rings (SSSR count). The van der Waals surface area contributed by atoms with Crippen LogP contribution in [0.3, 0.4) is 0 Å². The van der Waals surface area contributed by atoms with Gasteiger partial charge < -0.3 is 10.4 Å². The first-order valence-corrected chi connectivity index (χ1v) is 9.45. The molecule has 25 heavy (non-hydrogen) atoms. The second-order valence-electron chi connectivity index (χ2n) is 5.83. The van der Waals surface area contributed by atoms with Crippen molar-refractivity contribution in [3.8, 4) is 0 Å². The van der Waals surface area contributed by atoms with E-state index in [0.29, 0.717) is 5.56 Å². The summed E-state index contributed by atoms with van der Waals surface area (Å²) in [6, 6.07) is 12.1. The van der Waals surface area contributed by atoms with Crippen molar-refractivity contribution in [3.63, 3.8) is 0 Å². The Bertz CT molecular complexity index is 888. The van der Waals surface area contributed by atoms with Crippen molar-refractivity contribution in [2.45, 2.75) is 24.3 Å². The second kappa shape index (κ2) is 7.48. The average molecular weight is 361 g/mol. The van der Waals surface area contributed by atoms with Crippen LogP contribution in [0.2, 0.25) is 0 Å². The minimum absolute atomic E-state index is 0.0327. The third-order valence-electron chi connectivity index (χ3n) is 3.69. The Labute approximate surface area is 146 Å². The van der Waals surface area contributed by atoms with Crippen LogP contribution in [-0.2, 0) is 14.6 Å². The number of aryl methyl sites for hydroxylation is 1. The molecule has 2 N–H and O–H groups in total. The summed E-state index contributed by atoms with van der Waals surface area (Å²) in [4.78, 5) is 23.6. The van der Waals surface area contributed by atoms with Gasteiger partial charge in [0.05, 0.1) is 17.4 Å². The molecule has 1 unspecified atom stereocenters. The summed E-state index contributed by atoms with van der Waals surface area (Å²) in [6.45, 7) is 1.91. The lowest BCUT2D eigenvalue weighted by Gasteiger charge is -2.18. The van der Waals surface area contributed by atoms with Crippen LogP contribution in [0.4, 0.5) is 0 Å². The van der Waals surface area contributed by atoms with Crippen LogP contribution >= 0.6 is 0 Å². The first-order valence-electron chi connectivity index (χ1n) is 7.56. The van der Waals surface area contributed by atoms with Crippen molar-refractivity contribution in [1.29, 1.82) is 0 Å². The van der Waals surface area contributed by atoms with E-state index in [4.69, 9.17) is 5.11 Å². The predicted octanol–water partition coefficient (Wildman–Crippen LogP) is 2.34. The van der Waals surface area contributed by atoms with Crippen molar-refractivity contribution < 1.29 is 23.1 Å². The van der Waals surface area contributed by atoms with Gasteiger partial charge in [-0.05, 0) is 30.7 Å². The van der Waals surface area contributed by atoms with E-state index in [-0.39, 0.29) is 16.9 Å². The molecular weight excluding hydrogens is 342 g/mol. The van der Waals surface area contributed by atoms with Gasteiger partial charge in [-0.1, -0.05) is 35.9 Å². The number of amides is 1. The maximum Gasteiger partial charge on any atom is 0.305 e. The van der Waals surface area contributed by atoms with Crippen LogP contribution < -0.4 is 5.32 Å². The highest BCUT2D eigenvalue weighted by atomic mass is 32.2. The quantitative estimate of drug-likeness (QED) is 0.822. The first-order chi connectivity index (χ1) is 11.7. The Morgan fingerprint density at radius 3 is 2.32 bits per heavy atom. The number of aliphatic carboxylic acids is 1. The van der Waals surface area contributed by atoms with Gasteiger partial charge in [0.2, 0.25) is 0 Å². The fraction of sp³-hybridized carbons (Fsp3) is 0.222. The van der Waals surface area contributed by atoms with Crippen molar-refractivity contribution in [3.05, 3.63) is 65.2 Å². The fourth-order valence-corrected chi connectivity index (χ4v) is 3.00. The molecule has 0 radical (unpaired) electrons. The Kier molecular flexibility index (Phi) is 5.58. The van der Waals surface area contributed by atoms with Crippen LogP contribution in [-0.4, -0.2) is 31.7 Å². The second-order valence-corrected chi connectivity index (χ2v) is 7.85. The van der Waals surface area contributed by atoms with Gasteiger partial charge in [0.1, 0.15) is 0 Å². The molecule has 0 saturated heterocycles. The number of carbonyl (C=O) groups excluding carboxylic acids is 1. The molecule has 0 spiro atoms. The summed E-state index contributed by atoms with van der Waals surface area (Å²) in [5.41, 5.74) is 1.84. The van der Waals surface area contributed by atoms with Gasteiger partial charge in [-0.2, -0.15) is 0 Å². The Morgan fingerprint density at radius 1 is 1.12 bits per heavy atom. The number of benzene rings is 2. The van der Waals surface area contributed by atoms with Gasteiger partial charge in [-0.3, -0.25) is 9.59 Å². The largest absolute Gasteiger partial charge is 0.481 e. The third-order valence-corrected chi connectivity index (χ3v) is 4.80. The molecule has 0 fully saturated rings. The van der Waals surface area contributed by atoms with Crippen LogP contribution in [0.25, 0.3) is 0 Å². The summed E-state index contributed by atoms with van der Waals surface area (Å²) in [5, 5.41) is 11.8. The fourth-order valence-electron chi connectivity index (χ4n) is 2.34. The van der Waals surface area contributed by atoms with E-state index < -0.39 is 27.8 Å². The number of carboxylic acids is 1. The summed E-state index contributed by atoms with van der Waals surface area (Å²) in [6.07, 6.45) is 0.782. The zero-order valence-corrected chi connectivity index (χ0v) is 14.7. The van der Waals surface area contributed by atoms with Gasteiger partial charge in [0, 0.05) is 11.8 Å².